The summed E-state index contributed by atoms with van der Waals surface area (Å²) in [6.45, 7) is 0. The second-order valence-electron chi connectivity index (χ2n) is 6.39. The van der Waals surface area contributed by atoms with Gasteiger partial charge in [-0.25, -0.2) is 9.67 Å². The molecule has 0 saturated heterocycles. The fraction of sp³-hybridized carbons (Fsp3) is 0.0833. The lowest BCUT2D eigenvalue weighted by molar-refractivity contribution is 0.355. The molecule has 0 bridgehead atoms. The normalized spacial score (nSPS) is 11.7. The smallest absolute Gasteiger partial charge is 0.211 e. The highest BCUT2D eigenvalue weighted by Gasteiger charge is 2.11. The van der Waals surface area contributed by atoms with E-state index in [1.165, 1.54) is 11.3 Å². The van der Waals surface area contributed by atoms with Crippen molar-refractivity contribution < 1.29 is 9.47 Å². The number of para-hydroxylation sites is 1. The molecule has 30 heavy (non-hydrogen) atoms. The number of benzene rings is 3. The predicted octanol–water partition coefficient (Wildman–Crippen LogP) is 5.35. The van der Waals surface area contributed by atoms with Gasteiger partial charge >= 0.3 is 0 Å². The summed E-state index contributed by atoms with van der Waals surface area (Å²) in [6, 6.07) is 25.7. The highest BCUT2D eigenvalue weighted by atomic mass is 32.1. The highest BCUT2D eigenvalue weighted by Crippen LogP contribution is 2.32. The molecule has 3 aromatic carbocycles. The Morgan fingerprint density at radius 1 is 0.833 bits per heavy atom. The van der Waals surface area contributed by atoms with E-state index in [1.54, 1.807) is 14.2 Å². The molecule has 4 rings (SSSR count). The molecular formula is C24H21N3O2S. The maximum Gasteiger partial charge on any atom is 0.211 e. The first kappa shape index (κ1) is 19.7. The highest BCUT2D eigenvalue weighted by molar-refractivity contribution is 7.07. The van der Waals surface area contributed by atoms with E-state index in [1.807, 2.05) is 95.1 Å². The molecule has 1 aromatic heterocycles. The molecule has 0 N–H and O–H groups in total. The third-order valence-corrected chi connectivity index (χ3v) is 5.28. The summed E-state index contributed by atoms with van der Waals surface area (Å²) in [5.41, 5.74) is 3.77. The van der Waals surface area contributed by atoms with E-state index in [4.69, 9.17) is 19.6 Å². The zero-order valence-corrected chi connectivity index (χ0v) is 17.5. The van der Waals surface area contributed by atoms with Gasteiger partial charge in [-0.15, -0.1) is 11.3 Å². The lowest BCUT2D eigenvalue weighted by Crippen LogP contribution is -2.11. The minimum absolute atomic E-state index is 0.668. The number of thiazole rings is 1. The third-order valence-electron chi connectivity index (χ3n) is 4.47. The maximum atomic E-state index is 5.48. The number of hydrogen-bond donors (Lipinski definition) is 0. The number of hydrogen-bond acceptors (Lipinski definition) is 5. The van der Waals surface area contributed by atoms with Gasteiger partial charge in [0.2, 0.25) is 4.80 Å². The Balaban J connectivity index is 1.85. The van der Waals surface area contributed by atoms with Crippen LogP contribution in [0.15, 0.2) is 94.3 Å². The first-order chi connectivity index (χ1) is 14.8. The average Bonchev–Trinajstić information content (AvgIpc) is 3.20. The summed E-state index contributed by atoms with van der Waals surface area (Å²) < 4.78 is 12.7. The Labute approximate surface area is 179 Å². The van der Waals surface area contributed by atoms with E-state index < -0.39 is 0 Å². The van der Waals surface area contributed by atoms with E-state index in [0.29, 0.717) is 11.5 Å². The summed E-state index contributed by atoms with van der Waals surface area (Å²) in [5.74, 6) is 1.35. The van der Waals surface area contributed by atoms with Crippen LogP contribution in [0.5, 0.6) is 11.5 Å². The van der Waals surface area contributed by atoms with Gasteiger partial charge in [0.1, 0.15) is 0 Å². The summed E-state index contributed by atoms with van der Waals surface area (Å²) in [7, 11) is 3.26. The number of nitrogens with zero attached hydrogens (tertiary/aromatic N) is 3. The maximum absolute atomic E-state index is 5.48. The second kappa shape index (κ2) is 9.24. The fourth-order valence-electron chi connectivity index (χ4n) is 2.96. The van der Waals surface area contributed by atoms with Crippen molar-refractivity contribution in [3.63, 3.8) is 0 Å². The van der Waals surface area contributed by atoms with Crippen molar-refractivity contribution in [3.8, 4) is 22.8 Å². The van der Waals surface area contributed by atoms with Gasteiger partial charge in [0, 0.05) is 10.9 Å². The number of aromatic nitrogens is 1. The van der Waals surface area contributed by atoms with Crippen molar-refractivity contribution in [2.75, 3.05) is 14.2 Å². The first-order valence-corrected chi connectivity index (χ1v) is 10.3. The molecule has 5 nitrogen and oxygen atoms in total. The average molecular weight is 416 g/mol. The van der Waals surface area contributed by atoms with Crippen molar-refractivity contribution in [3.05, 3.63) is 94.6 Å². The van der Waals surface area contributed by atoms with Crippen LogP contribution in [0.3, 0.4) is 0 Å². The topological polar surface area (TPSA) is 48.1 Å². The van der Waals surface area contributed by atoms with Gasteiger partial charge in [-0.1, -0.05) is 48.5 Å². The lowest BCUT2D eigenvalue weighted by Gasteiger charge is -2.10. The van der Waals surface area contributed by atoms with Gasteiger partial charge in [0.15, 0.2) is 11.5 Å². The Bertz CT molecular complexity index is 1210. The first-order valence-electron chi connectivity index (χ1n) is 9.40. The number of ether oxygens (including phenoxy) is 2. The SMILES string of the molecule is COc1ccc(-c2csc(=Nc3ccccc3)n2N=Cc2ccccc2)cc1OC. The second-order valence-corrected chi connectivity index (χ2v) is 7.22. The third kappa shape index (κ3) is 4.34. The summed E-state index contributed by atoms with van der Waals surface area (Å²) >= 11 is 1.53. The van der Waals surface area contributed by atoms with Crippen LogP contribution in [-0.4, -0.2) is 25.1 Å². The van der Waals surface area contributed by atoms with Gasteiger partial charge in [0.25, 0.3) is 0 Å². The van der Waals surface area contributed by atoms with Gasteiger partial charge < -0.3 is 9.47 Å². The van der Waals surface area contributed by atoms with Crippen molar-refractivity contribution in [1.82, 2.24) is 4.68 Å². The van der Waals surface area contributed by atoms with Crippen LogP contribution < -0.4 is 14.3 Å². The minimum Gasteiger partial charge on any atom is -0.493 e. The monoisotopic (exact) mass is 415 g/mol. The molecule has 0 atom stereocenters. The largest absolute Gasteiger partial charge is 0.493 e. The molecule has 0 spiro atoms. The van der Waals surface area contributed by atoms with Crippen molar-refractivity contribution in [2.45, 2.75) is 0 Å². The van der Waals surface area contributed by atoms with Crippen LogP contribution in [0, 0.1) is 0 Å². The zero-order chi connectivity index (χ0) is 20.8. The number of rotatable bonds is 6. The van der Waals surface area contributed by atoms with Gasteiger partial charge in [-0.3, -0.25) is 0 Å². The van der Waals surface area contributed by atoms with Crippen LogP contribution in [0.4, 0.5) is 5.69 Å². The quantitative estimate of drug-likeness (QED) is 0.399. The molecule has 0 amide bonds. The molecule has 0 radical (unpaired) electrons. The van der Waals surface area contributed by atoms with Gasteiger partial charge in [-0.2, -0.15) is 5.10 Å². The van der Waals surface area contributed by atoms with E-state index in [-0.39, 0.29) is 0 Å². The summed E-state index contributed by atoms with van der Waals surface area (Å²) in [6.07, 6.45) is 1.83. The molecule has 0 aliphatic carbocycles. The molecular weight excluding hydrogens is 394 g/mol. The summed E-state index contributed by atoms with van der Waals surface area (Å²) in [5, 5.41) is 6.79. The summed E-state index contributed by atoms with van der Waals surface area (Å²) in [4.78, 5) is 5.56. The van der Waals surface area contributed by atoms with E-state index in [9.17, 15) is 0 Å². The molecule has 150 valence electrons. The van der Waals surface area contributed by atoms with Crippen LogP contribution in [0.25, 0.3) is 11.3 Å². The molecule has 0 saturated carbocycles. The fourth-order valence-corrected chi connectivity index (χ4v) is 3.82. The lowest BCUT2D eigenvalue weighted by atomic mass is 10.1. The van der Waals surface area contributed by atoms with Crippen LogP contribution in [-0.2, 0) is 0 Å². The predicted molar refractivity (Wildman–Crippen MR) is 122 cm³/mol. The van der Waals surface area contributed by atoms with Gasteiger partial charge in [-0.05, 0) is 35.9 Å². The zero-order valence-electron chi connectivity index (χ0n) is 16.7. The molecule has 0 aliphatic rings. The van der Waals surface area contributed by atoms with Crippen LogP contribution >= 0.6 is 11.3 Å². The Kier molecular flexibility index (Phi) is 6.06. The molecule has 6 heteroatoms. The van der Waals surface area contributed by atoms with Crippen molar-refractivity contribution in [2.24, 2.45) is 10.1 Å². The minimum atomic E-state index is 0.668. The van der Waals surface area contributed by atoms with Crippen LogP contribution in [0.2, 0.25) is 0 Å². The van der Waals surface area contributed by atoms with E-state index in [0.717, 1.165) is 27.3 Å². The van der Waals surface area contributed by atoms with Crippen molar-refractivity contribution in [1.29, 1.82) is 0 Å². The standard InChI is InChI=1S/C24H21N3O2S/c1-28-22-14-13-19(15-23(22)29-2)21-17-30-24(26-20-11-7-4-8-12-20)27(21)25-16-18-9-5-3-6-10-18/h3-17H,1-2H3. The van der Waals surface area contributed by atoms with Gasteiger partial charge in [0.05, 0.1) is 31.8 Å². The molecule has 0 fully saturated rings. The Morgan fingerprint density at radius 2 is 1.53 bits per heavy atom. The number of methoxy groups -OCH3 is 2. The molecule has 4 aromatic rings. The Hall–Kier alpha value is -3.64. The molecule has 0 aliphatic heterocycles. The van der Waals surface area contributed by atoms with E-state index >= 15 is 0 Å². The van der Waals surface area contributed by atoms with Crippen LogP contribution in [0.1, 0.15) is 5.56 Å². The molecule has 0 unspecified atom stereocenters. The van der Waals surface area contributed by atoms with E-state index in [2.05, 4.69) is 0 Å². The van der Waals surface area contributed by atoms with Crippen molar-refractivity contribution >= 4 is 23.2 Å². The molecule has 1 heterocycles. The Morgan fingerprint density at radius 3 is 2.23 bits per heavy atom.